The van der Waals surface area contributed by atoms with Crippen molar-refractivity contribution < 1.29 is 0 Å². The Kier molecular flexibility index (Phi) is 3.92. The van der Waals surface area contributed by atoms with Crippen molar-refractivity contribution in [1.29, 1.82) is 0 Å². The summed E-state index contributed by atoms with van der Waals surface area (Å²) in [5, 5.41) is 7.80. The van der Waals surface area contributed by atoms with Gasteiger partial charge in [-0.05, 0) is 44.7 Å². The minimum atomic E-state index is -0.158. The van der Waals surface area contributed by atoms with Gasteiger partial charge in [-0.25, -0.2) is 0 Å². The van der Waals surface area contributed by atoms with Crippen molar-refractivity contribution in [3.63, 3.8) is 0 Å². The van der Waals surface area contributed by atoms with Crippen LogP contribution in [0.2, 0.25) is 0 Å². The zero-order valence-corrected chi connectivity index (χ0v) is 13.6. The molecule has 20 heavy (non-hydrogen) atoms. The van der Waals surface area contributed by atoms with Crippen LogP contribution in [-0.2, 0) is 6.54 Å². The van der Waals surface area contributed by atoms with Gasteiger partial charge in [-0.2, -0.15) is 5.10 Å². The summed E-state index contributed by atoms with van der Waals surface area (Å²) in [7, 11) is 0. The topological polar surface area (TPSA) is 43.8 Å². The third-order valence-corrected chi connectivity index (χ3v) is 5.00. The first-order chi connectivity index (χ1) is 9.72. The summed E-state index contributed by atoms with van der Waals surface area (Å²) in [6, 6.07) is 8.23. The molecule has 2 heterocycles. The molecule has 1 unspecified atom stereocenters. The molecule has 0 spiro atoms. The van der Waals surface area contributed by atoms with E-state index in [2.05, 4.69) is 57.6 Å². The van der Waals surface area contributed by atoms with Crippen LogP contribution in [0, 0.1) is 0 Å². The number of nitrogens with zero attached hydrogens (tertiary/aromatic N) is 2. The van der Waals surface area contributed by atoms with E-state index >= 15 is 0 Å². The second-order valence-electron chi connectivity index (χ2n) is 4.77. The molecule has 0 amide bonds. The predicted molar refractivity (Wildman–Crippen MR) is 88.1 cm³/mol. The molecule has 0 aliphatic carbocycles. The van der Waals surface area contributed by atoms with Crippen molar-refractivity contribution in [3.8, 4) is 0 Å². The molecule has 3 nitrogen and oxygen atoms in total. The van der Waals surface area contributed by atoms with E-state index in [0.717, 1.165) is 23.1 Å². The Morgan fingerprint density at radius 2 is 2.20 bits per heavy atom. The van der Waals surface area contributed by atoms with Crippen LogP contribution >= 0.6 is 27.3 Å². The quantitative estimate of drug-likeness (QED) is 0.762. The standard InChI is InChI=1S/C15H16BrN3S/c1-2-7-19-15(12(16)8-18-19)14(17)11-9-20-13-6-4-3-5-10(11)13/h3-6,8-9,14H,2,7,17H2,1H3. The molecule has 0 fully saturated rings. The predicted octanol–water partition coefficient (Wildman–Crippen LogP) is 4.32. The molecule has 2 aromatic heterocycles. The number of aromatic nitrogens is 2. The van der Waals surface area contributed by atoms with Gasteiger partial charge < -0.3 is 5.73 Å². The lowest BCUT2D eigenvalue weighted by molar-refractivity contribution is 0.560. The highest BCUT2D eigenvalue weighted by molar-refractivity contribution is 9.10. The van der Waals surface area contributed by atoms with Gasteiger partial charge >= 0.3 is 0 Å². The molecule has 104 valence electrons. The van der Waals surface area contributed by atoms with E-state index in [9.17, 15) is 0 Å². The Labute approximate surface area is 130 Å². The Balaban J connectivity index is 2.08. The van der Waals surface area contributed by atoms with Gasteiger partial charge in [0.25, 0.3) is 0 Å². The van der Waals surface area contributed by atoms with Crippen molar-refractivity contribution in [2.45, 2.75) is 25.9 Å². The first-order valence-electron chi connectivity index (χ1n) is 6.65. The molecule has 1 aromatic carbocycles. The zero-order chi connectivity index (χ0) is 14.1. The lowest BCUT2D eigenvalue weighted by Gasteiger charge is -2.14. The van der Waals surface area contributed by atoms with Gasteiger partial charge in [0.05, 0.1) is 22.4 Å². The summed E-state index contributed by atoms with van der Waals surface area (Å²) in [6.07, 6.45) is 2.87. The van der Waals surface area contributed by atoms with Gasteiger partial charge in [-0.1, -0.05) is 25.1 Å². The van der Waals surface area contributed by atoms with Crippen LogP contribution in [0.1, 0.15) is 30.6 Å². The van der Waals surface area contributed by atoms with E-state index in [4.69, 9.17) is 5.73 Å². The summed E-state index contributed by atoms with van der Waals surface area (Å²) >= 11 is 5.32. The van der Waals surface area contributed by atoms with Gasteiger partial charge in [0.15, 0.2) is 0 Å². The summed E-state index contributed by atoms with van der Waals surface area (Å²) in [5.41, 5.74) is 8.74. The van der Waals surface area contributed by atoms with Crippen molar-refractivity contribution in [2.24, 2.45) is 5.73 Å². The average molecular weight is 350 g/mol. The van der Waals surface area contributed by atoms with Crippen LogP contribution < -0.4 is 5.73 Å². The molecule has 3 rings (SSSR count). The molecular formula is C15H16BrN3S. The fourth-order valence-electron chi connectivity index (χ4n) is 2.46. The second-order valence-corrected chi connectivity index (χ2v) is 6.53. The lowest BCUT2D eigenvalue weighted by atomic mass is 10.0. The van der Waals surface area contributed by atoms with Crippen molar-refractivity contribution in [2.75, 3.05) is 0 Å². The van der Waals surface area contributed by atoms with Crippen molar-refractivity contribution in [3.05, 3.63) is 51.6 Å². The number of fused-ring (bicyclic) bond motifs is 1. The average Bonchev–Trinajstić information content (AvgIpc) is 3.03. The molecule has 1 atom stereocenters. The van der Waals surface area contributed by atoms with Gasteiger partial charge in [0.2, 0.25) is 0 Å². The first kappa shape index (κ1) is 13.8. The highest BCUT2D eigenvalue weighted by atomic mass is 79.9. The summed E-state index contributed by atoms with van der Waals surface area (Å²) in [4.78, 5) is 0. The van der Waals surface area contributed by atoms with E-state index < -0.39 is 0 Å². The number of halogens is 1. The smallest absolute Gasteiger partial charge is 0.0749 e. The third kappa shape index (κ3) is 2.30. The number of nitrogens with two attached hydrogens (primary N) is 1. The molecule has 5 heteroatoms. The highest BCUT2D eigenvalue weighted by Gasteiger charge is 2.20. The molecule has 2 N–H and O–H groups in total. The molecule has 3 aromatic rings. The third-order valence-electron chi connectivity index (χ3n) is 3.41. The molecule has 0 bridgehead atoms. The van der Waals surface area contributed by atoms with Crippen LogP contribution in [0.4, 0.5) is 0 Å². The summed E-state index contributed by atoms with van der Waals surface area (Å²) in [6.45, 7) is 3.03. The zero-order valence-electron chi connectivity index (χ0n) is 11.2. The van der Waals surface area contributed by atoms with Crippen LogP contribution in [-0.4, -0.2) is 9.78 Å². The second kappa shape index (κ2) is 5.68. The molecule has 0 saturated carbocycles. The van der Waals surface area contributed by atoms with E-state index in [-0.39, 0.29) is 6.04 Å². The number of hydrogen-bond donors (Lipinski definition) is 1. The van der Waals surface area contributed by atoms with E-state index in [0.29, 0.717) is 0 Å². The number of thiophene rings is 1. The van der Waals surface area contributed by atoms with Gasteiger partial charge in [0.1, 0.15) is 0 Å². The minimum Gasteiger partial charge on any atom is -0.319 e. The summed E-state index contributed by atoms with van der Waals surface area (Å²) < 4.78 is 4.26. The van der Waals surface area contributed by atoms with Crippen molar-refractivity contribution in [1.82, 2.24) is 9.78 Å². The summed E-state index contributed by atoms with van der Waals surface area (Å²) in [5.74, 6) is 0. The van der Waals surface area contributed by atoms with Gasteiger partial charge in [0, 0.05) is 11.2 Å². The maximum atomic E-state index is 6.52. The SMILES string of the molecule is CCCn1ncc(Br)c1C(N)c1csc2ccccc12. The molecule has 0 aliphatic heterocycles. The normalized spacial score (nSPS) is 12.9. The van der Waals surface area contributed by atoms with Crippen LogP contribution in [0.15, 0.2) is 40.3 Å². The Morgan fingerprint density at radius 1 is 1.40 bits per heavy atom. The monoisotopic (exact) mass is 349 g/mol. The van der Waals surface area contributed by atoms with Crippen LogP contribution in [0.3, 0.4) is 0 Å². The van der Waals surface area contributed by atoms with Crippen LogP contribution in [0.5, 0.6) is 0 Å². The Morgan fingerprint density at radius 3 is 3.00 bits per heavy atom. The molecule has 0 saturated heterocycles. The number of rotatable bonds is 4. The molecular weight excluding hydrogens is 334 g/mol. The van der Waals surface area contributed by atoms with Crippen molar-refractivity contribution >= 4 is 37.4 Å². The first-order valence-corrected chi connectivity index (χ1v) is 8.32. The maximum absolute atomic E-state index is 6.52. The fraction of sp³-hybridized carbons (Fsp3) is 0.267. The molecule has 0 aliphatic rings. The maximum Gasteiger partial charge on any atom is 0.0749 e. The largest absolute Gasteiger partial charge is 0.319 e. The number of hydrogen-bond acceptors (Lipinski definition) is 3. The Bertz CT molecular complexity index is 732. The van der Waals surface area contributed by atoms with E-state index in [1.54, 1.807) is 11.3 Å². The van der Waals surface area contributed by atoms with Gasteiger partial charge in [-0.3, -0.25) is 4.68 Å². The lowest BCUT2D eigenvalue weighted by Crippen LogP contribution is -2.17. The highest BCUT2D eigenvalue weighted by Crippen LogP contribution is 2.34. The van der Waals surface area contributed by atoms with Crippen LogP contribution in [0.25, 0.3) is 10.1 Å². The Hall–Kier alpha value is -1.17. The van der Waals surface area contributed by atoms with E-state index in [1.165, 1.54) is 15.6 Å². The molecule has 0 radical (unpaired) electrons. The number of aryl methyl sites for hydroxylation is 1. The number of benzene rings is 1. The minimum absolute atomic E-state index is 0.158. The van der Waals surface area contributed by atoms with E-state index in [1.807, 2.05) is 10.9 Å². The fourth-order valence-corrected chi connectivity index (χ4v) is 4.00. The van der Waals surface area contributed by atoms with Gasteiger partial charge in [-0.15, -0.1) is 11.3 Å².